The minimum absolute atomic E-state index is 0.0306. The molecule has 4 heteroatoms. The van der Waals surface area contributed by atoms with Gasteiger partial charge in [0.2, 0.25) is 0 Å². The van der Waals surface area contributed by atoms with Crippen molar-refractivity contribution in [2.75, 3.05) is 26.7 Å². The van der Waals surface area contributed by atoms with Crippen LogP contribution in [0, 0.1) is 11.7 Å². The molecule has 1 fully saturated rings. The Morgan fingerprint density at radius 3 is 2.91 bits per heavy atom. The summed E-state index contributed by atoms with van der Waals surface area (Å²) in [6.07, 6.45) is 2.96. The van der Waals surface area contributed by atoms with Crippen LogP contribution in [0.25, 0.3) is 0 Å². The number of benzene rings is 1. The van der Waals surface area contributed by atoms with Gasteiger partial charge in [-0.25, -0.2) is 4.39 Å². The Labute approximate surface area is 133 Å². The average Bonchev–Trinajstić information content (AvgIpc) is 2.44. The highest BCUT2D eigenvalue weighted by atomic mass is 19.1. The Morgan fingerprint density at radius 2 is 2.23 bits per heavy atom. The molecule has 124 valence electrons. The Kier molecular flexibility index (Phi) is 5.95. The van der Waals surface area contributed by atoms with Crippen molar-refractivity contribution in [2.45, 2.75) is 44.8 Å². The third-order valence-corrected chi connectivity index (χ3v) is 4.53. The molecule has 0 aromatic heterocycles. The van der Waals surface area contributed by atoms with Gasteiger partial charge in [0.25, 0.3) is 0 Å². The number of hydrogen-bond donors (Lipinski definition) is 2. The minimum atomic E-state index is -0.677. The number of β-amino-alcohol motifs (C(OH)–C–C–N with tert-alkyl or cyclic N) is 1. The summed E-state index contributed by atoms with van der Waals surface area (Å²) < 4.78 is 13.2. The van der Waals surface area contributed by atoms with Crippen molar-refractivity contribution in [3.05, 3.63) is 35.6 Å². The standard InChI is InChI=1S/C18H29FN2O/c1-18(2,11-14-6-5-9-21(3)13-14)20-12-17(22)15-7-4-8-16(19)10-15/h4,7-8,10,14,17,20,22H,5-6,9,11-13H2,1-3H3/t14-,17-/m0/s1. The molecule has 22 heavy (non-hydrogen) atoms. The molecular formula is C18H29FN2O. The van der Waals surface area contributed by atoms with Crippen LogP contribution in [0.3, 0.4) is 0 Å². The molecule has 1 aliphatic rings. The first-order valence-electron chi connectivity index (χ1n) is 8.23. The Hall–Kier alpha value is -0.970. The zero-order valence-electron chi connectivity index (χ0n) is 14.0. The predicted octanol–water partition coefficient (Wildman–Crippen LogP) is 2.96. The topological polar surface area (TPSA) is 35.5 Å². The average molecular weight is 308 g/mol. The monoisotopic (exact) mass is 308 g/mol. The first-order valence-corrected chi connectivity index (χ1v) is 8.23. The van der Waals surface area contributed by atoms with Crippen LogP contribution in [0.1, 0.15) is 44.8 Å². The second-order valence-electron chi connectivity index (χ2n) is 7.31. The normalized spacial score (nSPS) is 21.8. The lowest BCUT2D eigenvalue weighted by Crippen LogP contribution is -2.45. The fourth-order valence-corrected chi connectivity index (χ4v) is 3.44. The second-order valence-corrected chi connectivity index (χ2v) is 7.31. The van der Waals surface area contributed by atoms with Gasteiger partial charge in [-0.2, -0.15) is 0 Å². The van der Waals surface area contributed by atoms with E-state index in [0.717, 1.165) is 13.0 Å². The lowest BCUT2D eigenvalue weighted by Gasteiger charge is -2.36. The van der Waals surface area contributed by atoms with E-state index in [0.29, 0.717) is 18.0 Å². The molecule has 0 aliphatic carbocycles. The van der Waals surface area contributed by atoms with Crippen LogP contribution >= 0.6 is 0 Å². The Bertz CT molecular complexity index is 478. The van der Waals surface area contributed by atoms with Gasteiger partial charge >= 0.3 is 0 Å². The minimum Gasteiger partial charge on any atom is -0.387 e. The van der Waals surface area contributed by atoms with Crippen molar-refractivity contribution < 1.29 is 9.50 Å². The van der Waals surface area contributed by atoms with Crippen molar-refractivity contribution in [2.24, 2.45) is 5.92 Å². The van der Waals surface area contributed by atoms with Crippen LogP contribution in [0.15, 0.2) is 24.3 Å². The van der Waals surface area contributed by atoms with E-state index in [2.05, 4.69) is 31.1 Å². The van der Waals surface area contributed by atoms with E-state index in [-0.39, 0.29) is 11.4 Å². The van der Waals surface area contributed by atoms with Gasteiger partial charge in [-0.1, -0.05) is 12.1 Å². The fraction of sp³-hybridized carbons (Fsp3) is 0.667. The second kappa shape index (κ2) is 7.53. The summed E-state index contributed by atoms with van der Waals surface area (Å²) in [6.45, 7) is 7.15. The summed E-state index contributed by atoms with van der Waals surface area (Å²) in [5.74, 6) is 0.397. The van der Waals surface area contributed by atoms with Crippen LogP contribution in [-0.4, -0.2) is 42.2 Å². The highest BCUT2D eigenvalue weighted by molar-refractivity contribution is 5.19. The largest absolute Gasteiger partial charge is 0.387 e. The third-order valence-electron chi connectivity index (χ3n) is 4.53. The molecule has 3 nitrogen and oxygen atoms in total. The fourth-order valence-electron chi connectivity index (χ4n) is 3.44. The number of nitrogens with zero attached hydrogens (tertiary/aromatic N) is 1. The lowest BCUT2D eigenvalue weighted by molar-refractivity contribution is 0.139. The number of rotatable bonds is 6. The molecule has 0 spiro atoms. The van der Waals surface area contributed by atoms with Gasteiger partial charge in [0, 0.05) is 18.6 Å². The molecule has 1 aliphatic heterocycles. The summed E-state index contributed by atoms with van der Waals surface area (Å²) in [7, 11) is 2.18. The van der Waals surface area contributed by atoms with Gasteiger partial charge in [-0.15, -0.1) is 0 Å². The molecule has 1 saturated heterocycles. The number of aliphatic hydroxyl groups excluding tert-OH is 1. The zero-order valence-corrected chi connectivity index (χ0v) is 14.0. The highest BCUT2D eigenvalue weighted by Crippen LogP contribution is 2.25. The summed E-state index contributed by atoms with van der Waals surface area (Å²) in [4.78, 5) is 2.39. The molecule has 2 rings (SSSR count). The number of likely N-dealkylation sites (tertiary alicyclic amines) is 1. The molecular weight excluding hydrogens is 279 g/mol. The lowest BCUT2D eigenvalue weighted by atomic mass is 9.85. The molecule has 0 radical (unpaired) electrons. The van der Waals surface area contributed by atoms with E-state index >= 15 is 0 Å². The maximum atomic E-state index is 13.2. The van der Waals surface area contributed by atoms with Gasteiger partial charge < -0.3 is 15.3 Å². The SMILES string of the molecule is CN1CCC[C@@H](CC(C)(C)NC[C@H](O)c2cccc(F)c2)C1. The highest BCUT2D eigenvalue weighted by Gasteiger charge is 2.26. The summed E-state index contributed by atoms with van der Waals surface area (Å²) >= 11 is 0. The molecule has 2 N–H and O–H groups in total. The van der Waals surface area contributed by atoms with E-state index < -0.39 is 6.10 Å². The first kappa shape index (κ1) is 17.4. The molecule has 1 heterocycles. The van der Waals surface area contributed by atoms with Crippen molar-refractivity contribution in [1.29, 1.82) is 0 Å². The zero-order chi connectivity index (χ0) is 16.2. The van der Waals surface area contributed by atoms with Crippen LogP contribution in [0.2, 0.25) is 0 Å². The van der Waals surface area contributed by atoms with E-state index in [9.17, 15) is 9.50 Å². The van der Waals surface area contributed by atoms with Crippen molar-refractivity contribution in [3.8, 4) is 0 Å². The van der Waals surface area contributed by atoms with Crippen molar-refractivity contribution in [1.82, 2.24) is 10.2 Å². The quantitative estimate of drug-likeness (QED) is 0.848. The van der Waals surface area contributed by atoms with Gasteiger partial charge in [-0.05, 0) is 70.3 Å². The molecule has 0 amide bonds. The molecule has 0 bridgehead atoms. The maximum Gasteiger partial charge on any atom is 0.123 e. The van der Waals surface area contributed by atoms with E-state index in [1.165, 1.54) is 31.5 Å². The number of piperidine rings is 1. The summed E-state index contributed by atoms with van der Waals surface area (Å²) in [5.41, 5.74) is 0.595. The Balaban J connectivity index is 1.83. The maximum absolute atomic E-state index is 13.2. The van der Waals surface area contributed by atoms with Crippen LogP contribution in [0.4, 0.5) is 4.39 Å². The van der Waals surface area contributed by atoms with Gasteiger partial charge in [0.15, 0.2) is 0 Å². The van der Waals surface area contributed by atoms with E-state index in [1.54, 1.807) is 12.1 Å². The van der Waals surface area contributed by atoms with Gasteiger partial charge in [-0.3, -0.25) is 0 Å². The molecule has 2 atom stereocenters. The summed E-state index contributed by atoms with van der Waals surface area (Å²) in [5, 5.41) is 13.7. The van der Waals surface area contributed by atoms with Crippen LogP contribution in [-0.2, 0) is 0 Å². The molecule has 1 aromatic carbocycles. The number of halogens is 1. The summed E-state index contributed by atoms with van der Waals surface area (Å²) in [6, 6.07) is 6.19. The molecule has 0 saturated carbocycles. The van der Waals surface area contributed by atoms with E-state index in [4.69, 9.17) is 0 Å². The van der Waals surface area contributed by atoms with Crippen molar-refractivity contribution >= 4 is 0 Å². The van der Waals surface area contributed by atoms with Crippen LogP contribution < -0.4 is 5.32 Å². The number of aliphatic hydroxyl groups is 1. The van der Waals surface area contributed by atoms with Gasteiger partial charge in [0.05, 0.1) is 6.10 Å². The Morgan fingerprint density at radius 1 is 1.45 bits per heavy atom. The number of nitrogens with one attached hydrogen (secondary N) is 1. The first-order chi connectivity index (χ1) is 10.4. The van der Waals surface area contributed by atoms with E-state index in [1.807, 2.05) is 0 Å². The molecule has 1 aromatic rings. The van der Waals surface area contributed by atoms with Crippen molar-refractivity contribution in [3.63, 3.8) is 0 Å². The van der Waals surface area contributed by atoms with Crippen LogP contribution in [0.5, 0.6) is 0 Å². The number of hydrogen-bond acceptors (Lipinski definition) is 3. The smallest absolute Gasteiger partial charge is 0.123 e. The van der Waals surface area contributed by atoms with Gasteiger partial charge in [0.1, 0.15) is 5.82 Å². The predicted molar refractivity (Wildman–Crippen MR) is 88.3 cm³/mol. The third kappa shape index (κ3) is 5.34. The molecule has 0 unspecified atom stereocenters.